The van der Waals surface area contributed by atoms with Gasteiger partial charge in [0.15, 0.2) is 0 Å². The van der Waals surface area contributed by atoms with Gasteiger partial charge in [0.25, 0.3) is 0 Å². The molecule has 1 atom stereocenters. The molecule has 136 valence electrons. The Hall–Kier alpha value is -2.11. The highest BCUT2D eigenvalue weighted by Gasteiger charge is 2.29. The number of para-hydroxylation sites is 1. The van der Waals surface area contributed by atoms with Gasteiger partial charge in [-0.05, 0) is 41.8 Å². The summed E-state index contributed by atoms with van der Waals surface area (Å²) < 4.78 is 2.08. The first kappa shape index (κ1) is 17.3. The minimum Gasteiger partial charge on any atom is -0.387 e. The fourth-order valence-corrected chi connectivity index (χ4v) is 4.80. The molecular weight excluding hydrogens is 344 g/mol. The number of likely N-dealkylation sites (tertiary alicyclic amines) is 1. The summed E-state index contributed by atoms with van der Waals surface area (Å²) in [7, 11) is 2.02. The standard InChI is InChI=1S/C21H24N2O2S/c1-22-14-16(17-5-2-3-6-18(17)22)13-20(24)23-10-8-15(9-11-23)21(25)19-7-4-12-26-19/h2-7,12,14-15,21,25H,8-11,13H2,1H3. The van der Waals surface area contributed by atoms with Crippen LogP contribution >= 0.6 is 11.3 Å². The van der Waals surface area contributed by atoms with Gasteiger partial charge < -0.3 is 14.6 Å². The molecule has 2 aromatic heterocycles. The largest absolute Gasteiger partial charge is 0.387 e. The van der Waals surface area contributed by atoms with Gasteiger partial charge in [-0.2, -0.15) is 0 Å². The van der Waals surface area contributed by atoms with Crippen LogP contribution in [0.1, 0.15) is 29.4 Å². The molecule has 1 fully saturated rings. The van der Waals surface area contributed by atoms with Crippen LogP contribution in [0.15, 0.2) is 48.0 Å². The average molecular weight is 369 g/mol. The van der Waals surface area contributed by atoms with Crippen molar-refractivity contribution in [2.45, 2.75) is 25.4 Å². The summed E-state index contributed by atoms with van der Waals surface area (Å²) in [6.45, 7) is 1.47. The molecule has 1 saturated heterocycles. The SMILES string of the molecule is Cn1cc(CC(=O)N2CCC(C(O)c3cccs3)CC2)c2ccccc21. The Bertz CT molecular complexity index is 892. The quantitative estimate of drug-likeness (QED) is 0.762. The average Bonchev–Trinajstić information content (AvgIpc) is 3.31. The van der Waals surface area contributed by atoms with Gasteiger partial charge in [-0.25, -0.2) is 0 Å². The van der Waals surface area contributed by atoms with E-state index in [-0.39, 0.29) is 11.8 Å². The van der Waals surface area contributed by atoms with Crippen LogP contribution in [-0.4, -0.2) is 33.6 Å². The fourth-order valence-electron chi connectivity index (χ4n) is 4.00. The normalized spacial score (nSPS) is 16.9. The lowest BCUT2D eigenvalue weighted by atomic mass is 9.90. The number of thiophene rings is 1. The van der Waals surface area contributed by atoms with Crippen LogP contribution in [0.5, 0.6) is 0 Å². The molecule has 26 heavy (non-hydrogen) atoms. The van der Waals surface area contributed by atoms with E-state index >= 15 is 0 Å². The van der Waals surface area contributed by atoms with Crippen LogP contribution in [0.25, 0.3) is 10.9 Å². The summed E-state index contributed by atoms with van der Waals surface area (Å²) in [6, 6.07) is 12.2. The van der Waals surface area contributed by atoms with Gasteiger partial charge in [0.05, 0.1) is 12.5 Å². The maximum Gasteiger partial charge on any atom is 0.227 e. The number of aromatic nitrogens is 1. The van der Waals surface area contributed by atoms with Crippen LogP contribution in [0, 0.1) is 5.92 Å². The van der Waals surface area contributed by atoms with Crippen LogP contribution in [0.2, 0.25) is 0 Å². The van der Waals surface area contributed by atoms with Crippen molar-refractivity contribution in [1.82, 2.24) is 9.47 Å². The highest BCUT2D eigenvalue weighted by molar-refractivity contribution is 7.10. The van der Waals surface area contributed by atoms with E-state index in [9.17, 15) is 9.90 Å². The van der Waals surface area contributed by atoms with E-state index in [1.54, 1.807) is 11.3 Å². The number of fused-ring (bicyclic) bond motifs is 1. The zero-order chi connectivity index (χ0) is 18.1. The van der Waals surface area contributed by atoms with Crippen molar-refractivity contribution >= 4 is 28.1 Å². The summed E-state index contributed by atoms with van der Waals surface area (Å²) in [6.07, 6.45) is 3.83. The minimum atomic E-state index is -0.398. The number of amides is 1. The fraction of sp³-hybridized carbons (Fsp3) is 0.381. The highest BCUT2D eigenvalue weighted by atomic mass is 32.1. The lowest BCUT2D eigenvalue weighted by Crippen LogP contribution is -2.40. The Balaban J connectivity index is 1.39. The predicted octanol–water partition coefficient (Wildman–Crippen LogP) is 3.75. The zero-order valence-corrected chi connectivity index (χ0v) is 15.8. The second kappa shape index (κ2) is 7.25. The number of piperidine rings is 1. The van der Waals surface area contributed by atoms with E-state index in [1.807, 2.05) is 41.6 Å². The Kier molecular flexibility index (Phi) is 4.83. The van der Waals surface area contributed by atoms with Crippen molar-refractivity contribution in [3.8, 4) is 0 Å². The number of aliphatic hydroxyl groups is 1. The Labute approximate surface area is 157 Å². The molecule has 0 radical (unpaired) electrons. The molecule has 3 heterocycles. The van der Waals surface area contributed by atoms with Gasteiger partial charge in [0, 0.05) is 42.1 Å². The first-order valence-electron chi connectivity index (χ1n) is 9.15. The molecule has 1 amide bonds. The summed E-state index contributed by atoms with van der Waals surface area (Å²) in [4.78, 5) is 15.8. The van der Waals surface area contributed by atoms with Crippen molar-refractivity contribution in [3.63, 3.8) is 0 Å². The molecule has 1 aliphatic heterocycles. The molecule has 4 rings (SSSR count). The lowest BCUT2D eigenvalue weighted by Gasteiger charge is -2.34. The maximum absolute atomic E-state index is 12.8. The molecule has 1 aromatic carbocycles. The van der Waals surface area contributed by atoms with E-state index in [1.165, 1.54) is 0 Å². The van der Waals surface area contributed by atoms with E-state index in [0.29, 0.717) is 6.42 Å². The summed E-state index contributed by atoms with van der Waals surface area (Å²) in [5.74, 6) is 0.431. The van der Waals surface area contributed by atoms with Gasteiger partial charge in [0.2, 0.25) is 5.91 Å². The summed E-state index contributed by atoms with van der Waals surface area (Å²) in [5.41, 5.74) is 2.25. The van der Waals surface area contributed by atoms with Crippen LogP contribution in [0.3, 0.4) is 0 Å². The first-order chi connectivity index (χ1) is 12.6. The van der Waals surface area contributed by atoms with Gasteiger partial charge in [-0.1, -0.05) is 24.3 Å². The summed E-state index contributed by atoms with van der Waals surface area (Å²) in [5, 5.41) is 13.7. The van der Waals surface area contributed by atoms with E-state index in [4.69, 9.17) is 0 Å². The van der Waals surface area contributed by atoms with Crippen molar-refractivity contribution in [1.29, 1.82) is 0 Å². The van der Waals surface area contributed by atoms with E-state index in [0.717, 1.165) is 47.3 Å². The molecule has 4 nitrogen and oxygen atoms in total. The Morgan fingerprint density at radius 1 is 1.23 bits per heavy atom. The molecule has 1 aliphatic rings. The number of rotatable bonds is 4. The van der Waals surface area contributed by atoms with E-state index < -0.39 is 6.10 Å². The van der Waals surface area contributed by atoms with Gasteiger partial charge in [-0.3, -0.25) is 4.79 Å². The molecular formula is C21H24N2O2S. The van der Waals surface area contributed by atoms with Crippen molar-refractivity contribution < 1.29 is 9.90 Å². The van der Waals surface area contributed by atoms with Crippen LogP contribution < -0.4 is 0 Å². The highest BCUT2D eigenvalue weighted by Crippen LogP contribution is 2.33. The van der Waals surface area contributed by atoms with E-state index in [2.05, 4.69) is 22.9 Å². The maximum atomic E-state index is 12.8. The predicted molar refractivity (Wildman–Crippen MR) is 105 cm³/mol. The smallest absolute Gasteiger partial charge is 0.227 e. The Morgan fingerprint density at radius 3 is 2.73 bits per heavy atom. The minimum absolute atomic E-state index is 0.186. The Morgan fingerprint density at radius 2 is 2.00 bits per heavy atom. The molecule has 0 aliphatic carbocycles. The number of carbonyl (C=O) groups is 1. The summed E-state index contributed by atoms with van der Waals surface area (Å²) >= 11 is 1.60. The third-order valence-corrected chi connectivity index (χ3v) is 6.44. The zero-order valence-electron chi connectivity index (χ0n) is 15.0. The second-order valence-electron chi connectivity index (χ2n) is 7.14. The molecule has 5 heteroatoms. The number of benzene rings is 1. The number of hydrogen-bond acceptors (Lipinski definition) is 3. The third-order valence-electron chi connectivity index (χ3n) is 5.49. The third kappa shape index (κ3) is 3.29. The number of aryl methyl sites for hydroxylation is 1. The van der Waals surface area contributed by atoms with Crippen molar-refractivity contribution in [3.05, 3.63) is 58.4 Å². The molecule has 0 saturated carbocycles. The molecule has 0 bridgehead atoms. The second-order valence-corrected chi connectivity index (χ2v) is 8.12. The lowest BCUT2D eigenvalue weighted by molar-refractivity contribution is -0.132. The van der Waals surface area contributed by atoms with Crippen molar-refractivity contribution in [2.24, 2.45) is 13.0 Å². The van der Waals surface area contributed by atoms with Crippen molar-refractivity contribution in [2.75, 3.05) is 13.1 Å². The number of aliphatic hydroxyl groups excluding tert-OH is 1. The molecule has 1 N–H and O–H groups in total. The number of carbonyl (C=O) groups excluding carboxylic acids is 1. The van der Waals surface area contributed by atoms with Crippen LogP contribution in [0.4, 0.5) is 0 Å². The van der Waals surface area contributed by atoms with Gasteiger partial charge in [0.1, 0.15) is 0 Å². The number of nitrogens with zero attached hydrogens (tertiary/aromatic N) is 2. The number of hydrogen-bond donors (Lipinski definition) is 1. The van der Waals surface area contributed by atoms with Crippen LogP contribution in [-0.2, 0) is 18.3 Å². The molecule has 3 aromatic rings. The van der Waals surface area contributed by atoms with Gasteiger partial charge in [-0.15, -0.1) is 11.3 Å². The molecule has 0 spiro atoms. The molecule has 1 unspecified atom stereocenters. The first-order valence-corrected chi connectivity index (χ1v) is 10.0. The van der Waals surface area contributed by atoms with Gasteiger partial charge >= 0.3 is 0 Å². The monoisotopic (exact) mass is 368 g/mol. The topological polar surface area (TPSA) is 45.5 Å².